The van der Waals surface area contributed by atoms with E-state index in [2.05, 4.69) is 70.2 Å². The molecule has 2 aromatic rings. The lowest BCUT2D eigenvalue weighted by molar-refractivity contribution is 0.881. The first-order valence-corrected chi connectivity index (χ1v) is 6.79. The van der Waals surface area contributed by atoms with Crippen LogP contribution in [0, 0.1) is 13.8 Å². The van der Waals surface area contributed by atoms with Crippen LogP contribution in [0.5, 0.6) is 0 Å². The van der Waals surface area contributed by atoms with Crippen LogP contribution in [0.25, 0.3) is 0 Å². The lowest BCUT2D eigenvalue weighted by Crippen LogP contribution is -2.03. The van der Waals surface area contributed by atoms with E-state index in [1.54, 1.807) is 0 Å². The Labute approximate surface area is 111 Å². The molecule has 0 saturated heterocycles. The third kappa shape index (κ3) is 2.33. The molecular weight excluding hydrogens is 216 g/mol. The SMILES string of the molecule is CCc1ccccc1C(C)c1cccc(C)c1C. The van der Waals surface area contributed by atoms with Crippen molar-refractivity contribution < 1.29 is 0 Å². The van der Waals surface area contributed by atoms with E-state index in [9.17, 15) is 0 Å². The van der Waals surface area contributed by atoms with Gasteiger partial charge in [-0.2, -0.15) is 0 Å². The summed E-state index contributed by atoms with van der Waals surface area (Å²) in [6.45, 7) is 8.97. The molecule has 18 heavy (non-hydrogen) atoms. The molecule has 2 rings (SSSR count). The van der Waals surface area contributed by atoms with Gasteiger partial charge in [0, 0.05) is 5.92 Å². The van der Waals surface area contributed by atoms with Gasteiger partial charge in [-0.15, -0.1) is 0 Å². The monoisotopic (exact) mass is 238 g/mol. The van der Waals surface area contributed by atoms with Crippen LogP contribution in [0.4, 0.5) is 0 Å². The van der Waals surface area contributed by atoms with Gasteiger partial charge in [-0.25, -0.2) is 0 Å². The van der Waals surface area contributed by atoms with Crippen LogP contribution < -0.4 is 0 Å². The summed E-state index contributed by atoms with van der Waals surface area (Å²) in [6, 6.07) is 15.4. The molecule has 0 radical (unpaired) electrons. The van der Waals surface area contributed by atoms with E-state index in [0.29, 0.717) is 5.92 Å². The zero-order valence-electron chi connectivity index (χ0n) is 11.8. The Kier molecular flexibility index (Phi) is 3.86. The zero-order valence-corrected chi connectivity index (χ0v) is 11.8. The number of rotatable bonds is 3. The van der Waals surface area contributed by atoms with Gasteiger partial charge in [-0.3, -0.25) is 0 Å². The Hall–Kier alpha value is -1.56. The maximum absolute atomic E-state index is 2.32. The molecule has 0 amide bonds. The molecule has 94 valence electrons. The Balaban J connectivity index is 2.48. The van der Waals surface area contributed by atoms with Crippen molar-refractivity contribution in [2.75, 3.05) is 0 Å². The van der Waals surface area contributed by atoms with Gasteiger partial charge in [0.05, 0.1) is 0 Å². The molecule has 0 heterocycles. The van der Waals surface area contributed by atoms with Gasteiger partial charge in [-0.1, -0.05) is 56.3 Å². The van der Waals surface area contributed by atoms with Gasteiger partial charge >= 0.3 is 0 Å². The Morgan fingerprint density at radius 1 is 0.889 bits per heavy atom. The van der Waals surface area contributed by atoms with E-state index in [1.807, 2.05) is 0 Å². The minimum absolute atomic E-state index is 0.473. The molecule has 0 aromatic heterocycles. The Morgan fingerprint density at radius 2 is 1.56 bits per heavy atom. The highest BCUT2D eigenvalue weighted by molar-refractivity contribution is 5.43. The van der Waals surface area contributed by atoms with Crippen LogP contribution in [0.15, 0.2) is 42.5 Å². The smallest absolute Gasteiger partial charge is 0.00664 e. The van der Waals surface area contributed by atoms with Crippen molar-refractivity contribution in [1.82, 2.24) is 0 Å². The molecule has 0 aliphatic carbocycles. The zero-order chi connectivity index (χ0) is 13.1. The summed E-state index contributed by atoms with van der Waals surface area (Å²) in [6.07, 6.45) is 1.10. The van der Waals surface area contributed by atoms with E-state index in [0.717, 1.165) is 6.42 Å². The molecule has 0 aliphatic heterocycles. The fourth-order valence-corrected chi connectivity index (χ4v) is 2.69. The molecule has 0 nitrogen and oxygen atoms in total. The summed E-state index contributed by atoms with van der Waals surface area (Å²) < 4.78 is 0. The topological polar surface area (TPSA) is 0 Å². The first-order valence-electron chi connectivity index (χ1n) is 6.79. The molecule has 0 saturated carbocycles. The number of hydrogen-bond donors (Lipinski definition) is 0. The molecule has 0 fully saturated rings. The van der Waals surface area contributed by atoms with Gasteiger partial charge in [0.1, 0.15) is 0 Å². The average Bonchev–Trinajstić information content (AvgIpc) is 2.41. The summed E-state index contributed by atoms with van der Waals surface area (Å²) in [5.41, 5.74) is 7.19. The third-order valence-corrected chi connectivity index (χ3v) is 4.02. The van der Waals surface area contributed by atoms with Crippen LogP contribution in [0.3, 0.4) is 0 Å². The van der Waals surface area contributed by atoms with Gasteiger partial charge in [0.15, 0.2) is 0 Å². The maximum Gasteiger partial charge on any atom is 0.00664 e. The van der Waals surface area contributed by atoms with Crippen molar-refractivity contribution >= 4 is 0 Å². The van der Waals surface area contributed by atoms with Crippen LogP contribution in [0.2, 0.25) is 0 Å². The second kappa shape index (κ2) is 5.39. The largest absolute Gasteiger partial charge is 0.0620 e. The fraction of sp³-hybridized carbons (Fsp3) is 0.333. The predicted molar refractivity (Wildman–Crippen MR) is 79.3 cm³/mol. The fourth-order valence-electron chi connectivity index (χ4n) is 2.69. The lowest BCUT2D eigenvalue weighted by Gasteiger charge is -2.19. The van der Waals surface area contributed by atoms with Crippen molar-refractivity contribution in [3.63, 3.8) is 0 Å². The number of benzene rings is 2. The van der Waals surface area contributed by atoms with Gasteiger partial charge in [0.2, 0.25) is 0 Å². The van der Waals surface area contributed by atoms with E-state index in [-0.39, 0.29) is 0 Å². The highest BCUT2D eigenvalue weighted by Crippen LogP contribution is 2.30. The van der Waals surface area contributed by atoms with Crippen molar-refractivity contribution in [3.05, 3.63) is 70.3 Å². The molecular formula is C18H22. The highest BCUT2D eigenvalue weighted by atomic mass is 14.2. The standard InChI is InChI=1S/C18H22/c1-5-16-10-6-7-11-18(16)15(4)17-12-8-9-13(2)14(17)3/h6-12,15H,5H2,1-4H3. The first kappa shape index (κ1) is 12.9. The van der Waals surface area contributed by atoms with Crippen molar-refractivity contribution in [3.8, 4) is 0 Å². The summed E-state index contributed by atoms with van der Waals surface area (Å²) in [7, 11) is 0. The second-order valence-electron chi connectivity index (χ2n) is 5.06. The molecule has 0 heteroatoms. The average molecular weight is 238 g/mol. The van der Waals surface area contributed by atoms with Crippen LogP contribution >= 0.6 is 0 Å². The van der Waals surface area contributed by atoms with Crippen molar-refractivity contribution in [2.24, 2.45) is 0 Å². The number of aryl methyl sites for hydroxylation is 2. The molecule has 2 aromatic carbocycles. The van der Waals surface area contributed by atoms with Gasteiger partial charge < -0.3 is 0 Å². The van der Waals surface area contributed by atoms with Crippen molar-refractivity contribution in [1.29, 1.82) is 0 Å². The first-order chi connectivity index (χ1) is 8.65. The summed E-state index contributed by atoms with van der Waals surface area (Å²) in [4.78, 5) is 0. The van der Waals surface area contributed by atoms with E-state index in [1.165, 1.54) is 27.8 Å². The van der Waals surface area contributed by atoms with Crippen LogP contribution in [0.1, 0.15) is 47.6 Å². The minimum atomic E-state index is 0.473. The normalized spacial score (nSPS) is 12.4. The number of hydrogen-bond acceptors (Lipinski definition) is 0. The summed E-state index contributed by atoms with van der Waals surface area (Å²) >= 11 is 0. The quantitative estimate of drug-likeness (QED) is 0.704. The van der Waals surface area contributed by atoms with Gasteiger partial charge in [-0.05, 0) is 48.1 Å². The molecule has 1 unspecified atom stereocenters. The lowest BCUT2D eigenvalue weighted by atomic mass is 9.85. The van der Waals surface area contributed by atoms with E-state index in [4.69, 9.17) is 0 Å². The van der Waals surface area contributed by atoms with Crippen molar-refractivity contribution in [2.45, 2.75) is 40.0 Å². The van der Waals surface area contributed by atoms with Gasteiger partial charge in [0.25, 0.3) is 0 Å². The second-order valence-corrected chi connectivity index (χ2v) is 5.06. The molecule has 0 bridgehead atoms. The van der Waals surface area contributed by atoms with Crippen LogP contribution in [-0.2, 0) is 6.42 Å². The summed E-state index contributed by atoms with van der Waals surface area (Å²) in [5, 5.41) is 0. The molecule has 0 N–H and O–H groups in total. The Bertz CT molecular complexity index is 537. The molecule has 0 aliphatic rings. The Morgan fingerprint density at radius 3 is 2.28 bits per heavy atom. The third-order valence-electron chi connectivity index (χ3n) is 4.02. The van der Waals surface area contributed by atoms with E-state index >= 15 is 0 Å². The highest BCUT2D eigenvalue weighted by Gasteiger charge is 2.14. The maximum atomic E-state index is 2.32. The minimum Gasteiger partial charge on any atom is -0.0620 e. The molecule has 0 spiro atoms. The van der Waals surface area contributed by atoms with Crippen LogP contribution in [-0.4, -0.2) is 0 Å². The summed E-state index contributed by atoms with van der Waals surface area (Å²) in [5.74, 6) is 0.473. The predicted octanol–water partition coefficient (Wildman–Crippen LogP) is 5.02. The molecule has 1 atom stereocenters. The van der Waals surface area contributed by atoms with E-state index < -0.39 is 0 Å².